The lowest BCUT2D eigenvalue weighted by atomic mass is 10.1. The summed E-state index contributed by atoms with van der Waals surface area (Å²) in [5, 5.41) is 7.21. The molecule has 0 unspecified atom stereocenters. The molecule has 0 radical (unpaired) electrons. The van der Waals surface area contributed by atoms with Crippen LogP contribution in [0.1, 0.15) is 129 Å². The summed E-state index contributed by atoms with van der Waals surface area (Å²) in [6, 6.07) is 0. The Morgan fingerprint density at radius 3 is 0.808 bits per heavy atom. The zero-order chi connectivity index (χ0) is 19.0. The highest BCUT2D eigenvalue weighted by molar-refractivity contribution is 4.53. The maximum atomic E-state index is 3.60. The Kier molecular flexibility index (Phi) is 24.8. The molecule has 2 N–H and O–H groups in total. The molecule has 0 spiro atoms. The van der Waals surface area contributed by atoms with Crippen LogP contribution in [0.4, 0.5) is 0 Å². The number of hydrogen-bond donors (Lipinski definition) is 2. The minimum absolute atomic E-state index is 1.23. The highest BCUT2D eigenvalue weighted by atomic mass is 14.8. The highest BCUT2D eigenvalue weighted by Crippen LogP contribution is 2.08. The Balaban J connectivity index is 2.95. The van der Waals surface area contributed by atoms with E-state index in [0.717, 1.165) is 0 Å². The average Bonchev–Trinajstić information content (AvgIpc) is 2.66. The van der Waals surface area contributed by atoms with Gasteiger partial charge in [0.2, 0.25) is 0 Å². The molecular formula is C24H52N2. The van der Waals surface area contributed by atoms with Gasteiger partial charge in [0.1, 0.15) is 0 Å². The van der Waals surface area contributed by atoms with E-state index in [1.807, 2.05) is 0 Å². The first kappa shape index (κ1) is 25.9. The van der Waals surface area contributed by atoms with E-state index in [9.17, 15) is 0 Å². The van der Waals surface area contributed by atoms with Crippen LogP contribution in [0.25, 0.3) is 0 Å². The second kappa shape index (κ2) is 24.9. The molecule has 0 heterocycles. The quantitative estimate of drug-likeness (QED) is 0.186. The maximum absolute atomic E-state index is 3.60. The van der Waals surface area contributed by atoms with Crippen LogP contribution in [0, 0.1) is 0 Å². The summed E-state index contributed by atoms with van der Waals surface area (Å²) in [7, 11) is 0. The first-order valence-corrected chi connectivity index (χ1v) is 12.3. The molecule has 0 saturated heterocycles. The summed E-state index contributed by atoms with van der Waals surface area (Å²) >= 11 is 0. The summed E-state index contributed by atoms with van der Waals surface area (Å²) in [5.74, 6) is 0. The second-order valence-corrected chi connectivity index (χ2v) is 8.16. The molecular weight excluding hydrogens is 316 g/mol. The first-order chi connectivity index (χ1) is 12.9. The van der Waals surface area contributed by atoms with Gasteiger partial charge in [-0.3, -0.25) is 0 Å². The SMILES string of the molecule is CCCCCCCNCCCCCCCCCCNCCCCCCC. The Labute approximate surface area is 166 Å². The summed E-state index contributed by atoms with van der Waals surface area (Å²) in [6.45, 7) is 9.50. The Morgan fingerprint density at radius 1 is 0.308 bits per heavy atom. The van der Waals surface area contributed by atoms with Crippen LogP contribution in [0.15, 0.2) is 0 Å². The zero-order valence-corrected chi connectivity index (χ0v) is 18.6. The largest absolute Gasteiger partial charge is 0.317 e. The lowest BCUT2D eigenvalue weighted by Crippen LogP contribution is -2.16. The van der Waals surface area contributed by atoms with Crippen molar-refractivity contribution < 1.29 is 0 Å². The minimum Gasteiger partial charge on any atom is -0.317 e. The van der Waals surface area contributed by atoms with Crippen molar-refractivity contribution in [3.8, 4) is 0 Å². The van der Waals surface area contributed by atoms with Gasteiger partial charge in [-0.1, -0.05) is 104 Å². The predicted octanol–water partition coefficient (Wildman–Crippen LogP) is 7.23. The highest BCUT2D eigenvalue weighted by Gasteiger charge is 1.94. The monoisotopic (exact) mass is 368 g/mol. The molecule has 0 aromatic heterocycles. The molecule has 2 nitrogen and oxygen atoms in total. The molecule has 0 aromatic carbocycles. The van der Waals surface area contributed by atoms with Crippen LogP contribution in [-0.2, 0) is 0 Å². The van der Waals surface area contributed by atoms with Crippen molar-refractivity contribution in [3.05, 3.63) is 0 Å². The second-order valence-electron chi connectivity index (χ2n) is 8.16. The van der Waals surface area contributed by atoms with E-state index in [1.165, 1.54) is 142 Å². The summed E-state index contributed by atoms with van der Waals surface area (Å²) in [5.41, 5.74) is 0. The van der Waals surface area contributed by atoms with Gasteiger partial charge in [0, 0.05) is 0 Å². The van der Waals surface area contributed by atoms with Gasteiger partial charge >= 0.3 is 0 Å². The molecule has 2 heteroatoms. The summed E-state index contributed by atoms with van der Waals surface area (Å²) < 4.78 is 0. The van der Waals surface area contributed by atoms with Crippen molar-refractivity contribution in [2.24, 2.45) is 0 Å². The van der Waals surface area contributed by atoms with E-state index in [1.54, 1.807) is 0 Å². The molecule has 0 rings (SSSR count). The fourth-order valence-corrected chi connectivity index (χ4v) is 3.52. The molecule has 0 aliphatic rings. The van der Waals surface area contributed by atoms with Crippen molar-refractivity contribution in [3.63, 3.8) is 0 Å². The molecule has 0 fully saturated rings. The van der Waals surface area contributed by atoms with Crippen LogP contribution in [0.2, 0.25) is 0 Å². The first-order valence-electron chi connectivity index (χ1n) is 12.3. The van der Waals surface area contributed by atoms with E-state index in [-0.39, 0.29) is 0 Å². The summed E-state index contributed by atoms with van der Waals surface area (Å²) in [4.78, 5) is 0. The molecule has 0 amide bonds. The van der Waals surface area contributed by atoms with E-state index < -0.39 is 0 Å². The predicted molar refractivity (Wildman–Crippen MR) is 120 cm³/mol. The normalized spacial score (nSPS) is 11.3. The lowest BCUT2D eigenvalue weighted by molar-refractivity contribution is 0.526. The van der Waals surface area contributed by atoms with Crippen LogP contribution in [0.5, 0.6) is 0 Å². The van der Waals surface area contributed by atoms with Crippen molar-refractivity contribution in [1.82, 2.24) is 10.6 Å². The molecule has 0 saturated carbocycles. The number of unbranched alkanes of at least 4 members (excludes halogenated alkanes) is 15. The number of rotatable bonds is 23. The summed E-state index contributed by atoms with van der Waals surface area (Å²) in [6.07, 6.45) is 25.3. The Hall–Kier alpha value is -0.0800. The molecule has 158 valence electrons. The average molecular weight is 369 g/mol. The standard InChI is InChI=1S/C24H52N2/c1-3-5-7-13-17-21-25-23-19-15-11-9-10-12-16-20-24-26-22-18-14-8-6-4-2/h25-26H,3-24H2,1-2H3. The van der Waals surface area contributed by atoms with Gasteiger partial charge < -0.3 is 10.6 Å². The van der Waals surface area contributed by atoms with Gasteiger partial charge in [0.15, 0.2) is 0 Å². The molecule has 26 heavy (non-hydrogen) atoms. The molecule has 0 aromatic rings. The van der Waals surface area contributed by atoms with Gasteiger partial charge in [-0.2, -0.15) is 0 Å². The molecule has 0 bridgehead atoms. The maximum Gasteiger partial charge on any atom is -0.00489 e. The van der Waals surface area contributed by atoms with Crippen LogP contribution < -0.4 is 10.6 Å². The van der Waals surface area contributed by atoms with Crippen LogP contribution in [0.3, 0.4) is 0 Å². The smallest absolute Gasteiger partial charge is 0.00489 e. The Morgan fingerprint density at radius 2 is 0.538 bits per heavy atom. The van der Waals surface area contributed by atoms with Crippen molar-refractivity contribution >= 4 is 0 Å². The van der Waals surface area contributed by atoms with Gasteiger partial charge in [-0.25, -0.2) is 0 Å². The third kappa shape index (κ3) is 23.9. The van der Waals surface area contributed by atoms with Gasteiger partial charge in [-0.15, -0.1) is 0 Å². The molecule has 0 aliphatic heterocycles. The topological polar surface area (TPSA) is 24.1 Å². The molecule has 0 atom stereocenters. The van der Waals surface area contributed by atoms with Crippen LogP contribution >= 0.6 is 0 Å². The lowest BCUT2D eigenvalue weighted by Gasteiger charge is -2.06. The fourth-order valence-electron chi connectivity index (χ4n) is 3.52. The molecule has 0 aliphatic carbocycles. The van der Waals surface area contributed by atoms with Crippen molar-refractivity contribution in [1.29, 1.82) is 0 Å². The Bertz CT molecular complexity index is 206. The number of hydrogen-bond acceptors (Lipinski definition) is 2. The van der Waals surface area contributed by atoms with Gasteiger partial charge in [0.25, 0.3) is 0 Å². The van der Waals surface area contributed by atoms with E-state index in [2.05, 4.69) is 24.5 Å². The van der Waals surface area contributed by atoms with E-state index in [4.69, 9.17) is 0 Å². The zero-order valence-electron chi connectivity index (χ0n) is 18.6. The fraction of sp³-hybridized carbons (Fsp3) is 1.00. The third-order valence-electron chi connectivity index (χ3n) is 5.37. The van der Waals surface area contributed by atoms with Crippen LogP contribution in [-0.4, -0.2) is 26.2 Å². The minimum atomic E-state index is 1.23. The van der Waals surface area contributed by atoms with Crippen molar-refractivity contribution in [2.75, 3.05) is 26.2 Å². The third-order valence-corrected chi connectivity index (χ3v) is 5.37. The van der Waals surface area contributed by atoms with Gasteiger partial charge in [-0.05, 0) is 51.9 Å². The van der Waals surface area contributed by atoms with Crippen molar-refractivity contribution in [2.45, 2.75) is 129 Å². The number of nitrogens with one attached hydrogen (secondary N) is 2. The van der Waals surface area contributed by atoms with E-state index in [0.29, 0.717) is 0 Å². The van der Waals surface area contributed by atoms with E-state index >= 15 is 0 Å². The van der Waals surface area contributed by atoms with Gasteiger partial charge in [0.05, 0.1) is 0 Å².